The molecule has 0 saturated heterocycles. The molecule has 0 fully saturated rings. The van der Waals surface area contributed by atoms with Crippen molar-refractivity contribution in [1.29, 1.82) is 0 Å². The first-order chi connectivity index (χ1) is 18.1. The number of esters is 1. The lowest BCUT2D eigenvalue weighted by atomic mass is 10.5. The Morgan fingerprint density at radius 3 is 1.29 bits per heavy atom. The zero-order valence-corrected chi connectivity index (χ0v) is 21.4. The topological polar surface area (TPSA) is 195 Å². The highest BCUT2D eigenvalue weighted by molar-refractivity contribution is 5.65. The largest absolute Gasteiger partial charge is 0.464 e. The molecule has 0 aliphatic heterocycles. The minimum atomic E-state index is -1.01. The van der Waals surface area contributed by atoms with E-state index in [1.165, 1.54) is 21.3 Å². The number of nitrogens with zero attached hydrogens (tertiary/aromatic N) is 6. The van der Waals surface area contributed by atoms with E-state index < -0.39 is 60.3 Å². The summed E-state index contributed by atoms with van der Waals surface area (Å²) in [7, 11) is 3.87. The maximum Gasteiger partial charge on any atom is 0.340 e. The lowest BCUT2D eigenvalue weighted by Gasteiger charge is -2.15. The highest BCUT2D eigenvalue weighted by atomic mass is 16.5. The lowest BCUT2D eigenvalue weighted by Crippen LogP contribution is -2.56. The Bertz CT molecular complexity index is 1430. The van der Waals surface area contributed by atoms with Gasteiger partial charge in [-0.2, -0.15) is 0 Å². The fraction of sp³-hybridized carbons (Fsp3) is 0.650. The fourth-order valence-electron chi connectivity index (χ4n) is 3.30. The Balaban J connectivity index is 2.35. The number of carbonyl (C=O) groups is 1. The number of ether oxygens (including phenoxy) is 5. The average Bonchev–Trinajstić information content (AvgIpc) is 2.87. The zero-order valence-electron chi connectivity index (χ0n) is 21.4. The van der Waals surface area contributed by atoms with Gasteiger partial charge in [-0.1, -0.05) is 0 Å². The quantitative estimate of drug-likeness (QED) is 0.154. The van der Waals surface area contributed by atoms with Crippen LogP contribution in [0.25, 0.3) is 0 Å². The van der Waals surface area contributed by atoms with Crippen LogP contribution in [-0.4, -0.2) is 74.5 Å². The number of methoxy groups -OCH3 is 3. The van der Waals surface area contributed by atoms with Crippen LogP contribution in [0.3, 0.4) is 0 Å². The van der Waals surface area contributed by atoms with Crippen molar-refractivity contribution in [2.45, 2.75) is 46.8 Å². The molecule has 2 rings (SSSR count). The molecule has 0 atom stereocenters. The van der Waals surface area contributed by atoms with Gasteiger partial charge < -0.3 is 23.7 Å². The second-order valence-corrected chi connectivity index (χ2v) is 7.64. The molecular weight excluding hydrogens is 516 g/mol. The summed E-state index contributed by atoms with van der Waals surface area (Å²) in [6.07, 6.45) is 0. The Morgan fingerprint density at radius 2 is 0.895 bits per heavy atom. The van der Waals surface area contributed by atoms with Crippen LogP contribution in [0.1, 0.15) is 6.92 Å². The van der Waals surface area contributed by atoms with Gasteiger partial charge >= 0.3 is 40.1 Å². The summed E-state index contributed by atoms with van der Waals surface area (Å²) >= 11 is 0. The molecule has 0 N–H and O–H groups in total. The number of aromatic nitrogens is 6. The summed E-state index contributed by atoms with van der Waals surface area (Å²) in [6.45, 7) is -1.80. The average molecular weight is 546 g/mol. The zero-order chi connectivity index (χ0) is 28.4. The molecular formula is C20H30N6O12. The van der Waals surface area contributed by atoms with Gasteiger partial charge in [0.05, 0.1) is 32.8 Å². The number of hydrogen-bond acceptors (Lipinski definition) is 12. The van der Waals surface area contributed by atoms with Gasteiger partial charge in [0.25, 0.3) is 0 Å². The van der Waals surface area contributed by atoms with E-state index >= 15 is 0 Å². The van der Waals surface area contributed by atoms with E-state index in [2.05, 4.69) is 0 Å². The molecule has 38 heavy (non-hydrogen) atoms. The first-order valence-electron chi connectivity index (χ1n) is 11.2. The monoisotopic (exact) mass is 546 g/mol. The fourth-order valence-corrected chi connectivity index (χ4v) is 3.30. The Morgan fingerprint density at radius 1 is 0.526 bits per heavy atom. The first kappa shape index (κ1) is 30.4. The predicted octanol–water partition coefficient (Wildman–Crippen LogP) is -4.25. The van der Waals surface area contributed by atoms with Crippen molar-refractivity contribution in [3.63, 3.8) is 0 Å². The van der Waals surface area contributed by atoms with E-state index in [9.17, 15) is 33.6 Å². The lowest BCUT2D eigenvalue weighted by molar-refractivity contribution is -0.141. The van der Waals surface area contributed by atoms with Gasteiger partial charge in [-0.15, -0.1) is 0 Å². The summed E-state index contributed by atoms with van der Waals surface area (Å²) in [4.78, 5) is 87.1. The summed E-state index contributed by atoms with van der Waals surface area (Å²) in [5.41, 5.74) is -5.78. The molecule has 0 aliphatic carbocycles. The summed E-state index contributed by atoms with van der Waals surface area (Å²) in [5, 5.41) is 0. The van der Waals surface area contributed by atoms with Crippen molar-refractivity contribution >= 4 is 5.97 Å². The van der Waals surface area contributed by atoms with E-state index in [1.807, 2.05) is 0 Å². The summed E-state index contributed by atoms with van der Waals surface area (Å²) < 4.78 is 28.9. The molecule has 2 aromatic heterocycles. The van der Waals surface area contributed by atoms with Crippen LogP contribution in [0.5, 0.6) is 0 Å². The summed E-state index contributed by atoms with van der Waals surface area (Å²) in [6, 6.07) is 0. The molecule has 0 unspecified atom stereocenters. The molecule has 18 heteroatoms. The van der Waals surface area contributed by atoms with Gasteiger partial charge in [0.1, 0.15) is 26.8 Å². The van der Waals surface area contributed by atoms with Crippen molar-refractivity contribution in [3.05, 3.63) is 62.9 Å². The third kappa shape index (κ3) is 6.91. The predicted molar refractivity (Wildman–Crippen MR) is 127 cm³/mol. The van der Waals surface area contributed by atoms with Crippen LogP contribution >= 0.6 is 0 Å². The van der Waals surface area contributed by atoms with Gasteiger partial charge in [0.2, 0.25) is 0 Å². The van der Waals surface area contributed by atoms with E-state index in [0.717, 1.165) is 20.6 Å². The standard InChI is InChI=1S/C20H30N6O12/c1-14(27)38-10-7-23-16(29)21(5-8-34-2)15(28)22(17(23)30)6-9-37-13-26-19(32)24(11-35-3)18(31)25(12-36-4)20(26)33/h5-13H2,1-4H3. The second-order valence-electron chi connectivity index (χ2n) is 7.64. The van der Waals surface area contributed by atoms with E-state index in [4.69, 9.17) is 23.7 Å². The van der Waals surface area contributed by atoms with E-state index in [1.54, 1.807) is 0 Å². The van der Waals surface area contributed by atoms with Crippen LogP contribution < -0.4 is 34.1 Å². The molecule has 0 bridgehead atoms. The molecule has 0 spiro atoms. The van der Waals surface area contributed by atoms with Crippen molar-refractivity contribution in [2.24, 2.45) is 0 Å². The minimum absolute atomic E-state index is 0.00164. The maximum atomic E-state index is 12.9. The molecule has 0 saturated carbocycles. The SMILES string of the molecule is COCCn1c(=O)n(CCOCn2c(=O)n(COC)c(=O)n(COC)c2=O)c(=O)n(CCOC(C)=O)c1=O. The Kier molecular flexibility index (Phi) is 11.3. The molecule has 2 heterocycles. The van der Waals surface area contributed by atoms with Gasteiger partial charge in [-0.25, -0.2) is 56.2 Å². The van der Waals surface area contributed by atoms with Gasteiger partial charge in [-0.05, 0) is 0 Å². The van der Waals surface area contributed by atoms with Crippen molar-refractivity contribution in [2.75, 3.05) is 41.2 Å². The highest BCUT2D eigenvalue weighted by Gasteiger charge is 2.17. The Hall–Kier alpha value is -3.87. The minimum Gasteiger partial charge on any atom is -0.464 e. The maximum absolute atomic E-state index is 12.9. The molecule has 0 amide bonds. The smallest absolute Gasteiger partial charge is 0.340 e. The van der Waals surface area contributed by atoms with Crippen LogP contribution in [0.4, 0.5) is 0 Å². The van der Waals surface area contributed by atoms with Gasteiger partial charge in [0, 0.05) is 28.3 Å². The third-order valence-corrected chi connectivity index (χ3v) is 5.11. The van der Waals surface area contributed by atoms with Crippen molar-refractivity contribution < 1.29 is 28.5 Å². The van der Waals surface area contributed by atoms with Gasteiger partial charge in [-0.3, -0.25) is 4.79 Å². The number of carbonyl (C=O) groups excluding carboxylic acids is 1. The van der Waals surface area contributed by atoms with Crippen LogP contribution in [0, 0.1) is 0 Å². The normalized spacial score (nSPS) is 11.2. The highest BCUT2D eigenvalue weighted by Crippen LogP contribution is 1.86. The molecule has 18 nitrogen and oxygen atoms in total. The molecule has 0 aliphatic rings. The molecule has 0 radical (unpaired) electrons. The van der Waals surface area contributed by atoms with Crippen molar-refractivity contribution in [3.8, 4) is 0 Å². The first-order valence-corrected chi connectivity index (χ1v) is 11.2. The van der Waals surface area contributed by atoms with Gasteiger partial charge in [0.15, 0.2) is 0 Å². The van der Waals surface area contributed by atoms with Crippen LogP contribution in [-0.2, 0) is 68.3 Å². The van der Waals surface area contributed by atoms with E-state index in [0.29, 0.717) is 13.7 Å². The summed E-state index contributed by atoms with van der Waals surface area (Å²) in [5.74, 6) is -0.615. The van der Waals surface area contributed by atoms with Crippen LogP contribution in [0.2, 0.25) is 0 Å². The molecule has 212 valence electrons. The number of hydrogen-bond donors (Lipinski definition) is 0. The molecule has 2 aromatic rings. The Labute approximate surface area is 213 Å². The van der Waals surface area contributed by atoms with E-state index in [-0.39, 0.29) is 39.5 Å². The second kappa shape index (κ2) is 14.2. The van der Waals surface area contributed by atoms with Crippen molar-refractivity contribution in [1.82, 2.24) is 27.4 Å². The third-order valence-electron chi connectivity index (χ3n) is 5.11. The van der Waals surface area contributed by atoms with Crippen LogP contribution in [0.15, 0.2) is 28.8 Å². The molecule has 0 aromatic carbocycles. The number of rotatable bonds is 15.